The van der Waals surface area contributed by atoms with Crippen molar-refractivity contribution in [2.75, 3.05) is 0 Å². The highest BCUT2D eigenvalue weighted by Gasteiger charge is 2.21. The highest BCUT2D eigenvalue weighted by molar-refractivity contribution is 6.34. The minimum absolute atomic E-state index is 0.278. The third-order valence-electron chi connectivity index (χ3n) is 4.59. The van der Waals surface area contributed by atoms with Crippen molar-refractivity contribution in [1.29, 1.82) is 0 Å². The molecule has 0 N–H and O–H groups in total. The predicted molar refractivity (Wildman–Crippen MR) is 116 cm³/mol. The van der Waals surface area contributed by atoms with Crippen LogP contribution in [0.25, 0.3) is 0 Å². The van der Waals surface area contributed by atoms with Gasteiger partial charge >= 0.3 is 0 Å². The molecule has 2 aromatic rings. The number of ether oxygens (including phenoxy) is 2. The molecular weight excluding hydrogens is 423 g/mol. The van der Waals surface area contributed by atoms with Gasteiger partial charge in [-0.25, -0.2) is 0 Å². The van der Waals surface area contributed by atoms with E-state index in [0.29, 0.717) is 33.5 Å². The fourth-order valence-electron chi connectivity index (χ4n) is 3.10. The number of halogens is 2. The topological polar surface area (TPSA) is 51.7 Å². The second-order valence-corrected chi connectivity index (χ2v) is 7.57. The van der Waals surface area contributed by atoms with E-state index in [1.54, 1.807) is 36.7 Å². The average Bonchev–Trinajstić information content (AvgIpc) is 2.77. The van der Waals surface area contributed by atoms with E-state index >= 15 is 0 Å². The summed E-state index contributed by atoms with van der Waals surface area (Å²) < 4.78 is 11.5. The van der Waals surface area contributed by atoms with Crippen LogP contribution in [0, 0.1) is 0 Å². The molecule has 0 atom stereocenters. The summed E-state index contributed by atoms with van der Waals surface area (Å²) in [6.45, 7) is 0. The maximum absolute atomic E-state index is 13.2. The fourth-order valence-corrected chi connectivity index (χ4v) is 3.42. The highest BCUT2D eigenvalue weighted by atomic mass is 35.5. The van der Waals surface area contributed by atoms with Crippen LogP contribution in [0.2, 0.25) is 10.0 Å². The molecule has 1 aliphatic carbocycles. The molecule has 1 amide bonds. The summed E-state index contributed by atoms with van der Waals surface area (Å²) >= 11 is 12.2. The van der Waals surface area contributed by atoms with Crippen LogP contribution < -0.4 is 4.74 Å². The number of benzene rings is 1. The summed E-state index contributed by atoms with van der Waals surface area (Å²) in [5, 5.41) is 0.853. The van der Waals surface area contributed by atoms with Crippen molar-refractivity contribution in [3.8, 4) is 11.5 Å². The molecule has 0 fully saturated rings. The summed E-state index contributed by atoms with van der Waals surface area (Å²) in [7, 11) is 0. The average molecular weight is 441 g/mol. The summed E-state index contributed by atoms with van der Waals surface area (Å²) in [6, 6.07) is 6.48. The van der Waals surface area contributed by atoms with Gasteiger partial charge in [-0.1, -0.05) is 47.0 Å². The van der Waals surface area contributed by atoms with Crippen LogP contribution in [0.3, 0.4) is 0 Å². The van der Waals surface area contributed by atoms with Gasteiger partial charge in [0.1, 0.15) is 17.8 Å². The van der Waals surface area contributed by atoms with Crippen LogP contribution in [0.1, 0.15) is 29.6 Å². The van der Waals surface area contributed by atoms with E-state index in [0.717, 1.165) is 12.8 Å². The van der Waals surface area contributed by atoms with Crippen molar-refractivity contribution in [2.45, 2.75) is 19.3 Å². The van der Waals surface area contributed by atoms with Crippen molar-refractivity contribution in [2.24, 2.45) is 0 Å². The normalized spacial score (nSPS) is 15.3. The van der Waals surface area contributed by atoms with E-state index in [4.69, 9.17) is 32.7 Å². The molecule has 0 unspecified atom stereocenters. The number of hydrogen-bond acceptors (Lipinski definition) is 4. The third kappa shape index (κ3) is 4.75. The second kappa shape index (κ2) is 9.20. The first-order chi connectivity index (χ1) is 14.6. The second-order valence-electron chi connectivity index (χ2n) is 6.73. The molecule has 0 saturated heterocycles. The lowest BCUT2D eigenvalue weighted by atomic mass is 10.0. The number of amides is 1. The summed E-state index contributed by atoms with van der Waals surface area (Å²) in [5.41, 5.74) is 1.60. The summed E-state index contributed by atoms with van der Waals surface area (Å²) in [5.74, 6) is 1.04. The molecule has 4 rings (SSSR count). The molecule has 1 aromatic heterocycles. The molecule has 2 aliphatic rings. The van der Waals surface area contributed by atoms with Crippen molar-refractivity contribution < 1.29 is 14.3 Å². The first-order valence-corrected chi connectivity index (χ1v) is 10.1. The van der Waals surface area contributed by atoms with E-state index in [1.807, 2.05) is 6.08 Å². The van der Waals surface area contributed by atoms with Crippen LogP contribution in [-0.2, 0) is 4.74 Å². The minimum atomic E-state index is -0.278. The minimum Gasteiger partial charge on any atom is -0.466 e. The highest BCUT2D eigenvalue weighted by Crippen LogP contribution is 2.34. The molecular formula is C23H18Cl2N2O3. The first kappa shape index (κ1) is 20.3. The van der Waals surface area contributed by atoms with Gasteiger partial charge in [0.05, 0.1) is 23.0 Å². The zero-order chi connectivity index (χ0) is 20.9. The van der Waals surface area contributed by atoms with Crippen molar-refractivity contribution in [3.63, 3.8) is 0 Å². The molecule has 1 aromatic carbocycles. The van der Waals surface area contributed by atoms with Gasteiger partial charge in [-0.15, -0.1) is 0 Å². The molecule has 2 heterocycles. The van der Waals surface area contributed by atoms with Crippen LogP contribution in [0.4, 0.5) is 0 Å². The van der Waals surface area contributed by atoms with Gasteiger partial charge in [0.15, 0.2) is 5.75 Å². The quantitative estimate of drug-likeness (QED) is 0.523. The molecule has 30 heavy (non-hydrogen) atoms. The van der Waals surface area contributed by atoms with Crippen molar-refractivity contribution in [3.05, 3.63) is 100 Å². The van der Waals surface area contributed by atoms with E-state index in [1.165, 1.54) is 29.1 Å². The van der Waals surface area contributed by atoms with Gasteiger partial charge in [0.2, 0.25) is 0 Å². The molecule has 0 radical (unpaired) electrons. The van der Waals surface area contributed by atoms with Gasteiger partial charge in [-0.05, 0) is 31.0 Å². The van der Waals surface area contributed by atoms with E-state index < -0.39 is 0 Å². The molecule has 0 bridgehead atoms. The summed E-state index contributed by atoms with van der Waals surface area (Å²) in [6.07, 6.45) is 16.7. The van der Waals surface area contributed by atoms with Crippen LogP contribution in [0.5, 0.6) is 11.5 Å². The standard InChI is InChI=1S/C23H18Cl2N2O3/c24-17-6-7-20(25)21(13-17)30-22-14-26-9-8-19(22)23(28)27-10-11-29-18(15-27)12-16-4-2-1-3-5-16/h1-2,4,6-11,13-15H,3,5,12H2. The molecule has 0 saturated carbocycles. The van der Waals surface area contributed by atoms with Crippen molar-refractivity contribution in [1.82, 2.24) is 9.88 Å². The Balaban J connectivity index is 1.56. The number of carbonyl (C=O) groups is 1. The largest absolute Gasteiger partial charge is 0.466 e. The van der Waals surface area contributed by atoms with Gasteiger partial charge < -0.3 is 9.47 Å². The zero-order valence-corrected chi connectivity index (χ0v) is 17.4. The molecule has 0 spiro atoms. The Morgan fingerprint density at radius 1 is 1.23 bits per heavy atom. The van der Waals surface area contributed by atoms with Crippen LogP contribution >= 0.6 is 23.2 Å². The van der Waals surface area contributed by atoms with Gasteiger partial charge in [-0.3, -0.25) is 14.7 Å². The monoisotopic (exact) mass is 440 g/mol. The Kier molecular flexibility index (Phi) is 6.21. The number of aromatic nitrogens is 1. The van der Waals surface area contributed by atoms with E-state index in [9.17, 15) is 4.79 Å². The Bertz CT molecular complexity index is 1090. The van der Waals surface area contributed by atoms with Gasteiger partial charge in [-0.2, -0.15) is 0 Å². The summed E-state index contributed by atoms with van der Waals surface area (Å²) in [4.78, 5) is 18.7. The predicted octanol–water partition coefficient (Wildman–Crippen LogP) is 6.63. The van der Waals surface area contributed by atoms with Gasteiger partial charge in [0.25, 0.3) is 5.91 Å². The maximum atomic E-state index is 13.2. The van der Waals surface area contributed by atoms with E-state index in [-0.39, 0.29) is 11.7 Å². The number of hydrogen-bond donors (Lipinski definition) is 0. The number of nitrogens with zero attached hydrogens (tertiary/aromatic N) is 2. The zero-order valence-electron chi connectivity index (χ0n) is 15.9. The number of rotatable bonds is 5. The maximum Gasteiger partial charge on any atom is 0.265 e. The SMILES string of the molecule is O=C(c1ccncc1Oc1cc(Cl)ccc1Cl)N1C=COC(CC2=CC=CCC2)=C1. The molecule has 152 valence electrons. The van der Waals surface area contributed by atoms with Crippen LogP contribution in [-0.4, -0.2) is 15.8 Å². The smallest absolute Gasteiger partial charge is 0.265 e. The lowest BCUT2D eigenvalue weighted by molar-refractivity contribution is 0.0851. The molecule has 1 aliphatic heterocycles. The Labute approximate surface area is 184 Å². The number of pyridine rings is 1. The lowest BCUT2D eigenvalue weighted by Gasteiger charge is -2.22. The molecule has 5 nitrogen and oxygen atoms in total. The van der Waals surface area contributed by atoms with Crippen molar-refractivity contribution >= 4 is 29.1 Å². The Hall–Kier alpha value is -3.02. The molecule has 7 heteroatoms. The first-order valence-electron chi connectivity index (χ1n) is 9.38. The fraction of sp³-hybridized carbons (Fsp3) is 0.130. The van der Waals surface area contributed by atoms with E-state index in [2.05, 4.69) is 17.1 Å². The van der Waals surface area contributed by atoms with Crippen LogP contribution in [0.15, 0.2) is 84.9 Å². The number of allylic oxidation sites excluding steroid dienone is 4. The number of carbonyl (C=O) groups excluding carboxylic acids is 1. The Morgan fingerprint density at radius 2 is 2.13 bits per heavy atom. The Morgan fingerprint density at radius 3 is 2.97 bits per heavy atom. The lowest BCUT2D eigenvalue weighted by Crippen LogP contribution is -2.23. The third-order valence-corrected chi connectivity index (χ3v) is 5.14. The van der Waals surface area contributed by atoms with Gasteiger partial charge in [0, 0.05) is 29.9 Å².